The number of carboxylic acid groups (broad SMARTS) is 1. The molecule has 1 aromatic rings. The molecule has 0 radical (unpaired) electrons. The smallest absolute Gasteiger partial charge is 0.408 e. The van der Waals surface area contributed by atoms with Gasteiger partial charge in [-0.15, -0.1) is 0 Å². The highest BCUT2D eigenvalue weighted by Crippen LogP contribution is 2.30. The van der Waals surface area contributed by atoms with Gasteiger partial charge in [-0.2, -0.15) is 0 Å². The second kappa shape index (κ2) is 7.82. The predicted octanol–water partition coefficient (Wildman–Crippen LogP) is 3.19. The van der Waals surface area contributed by atoms with Crippen molar-refractivity contribution < 1.29 is 19.4 Å². The standard InChI is InChI=1S/C17H23NO4/c1-12-7-9-14(10-8-12)15(16(19)20)18-17(21)22-11-13-5-3-2-4-6-13/h2-6,12,14-15H,7-11H2,1H3,(H,18,21)(H,19,20)/t12-,14-,15?. The largest absolute Gasteiger partial charge is 0.480 e. The van der Waals surface area contributed by atoms with Gasteiger partial charge in [0.2, 0.25) is 0 Å². The molecule has 22 heavy (non-hydrogen) atoms. The van der Waals surface area contributed by atoms with Gasteiger partial charge in [0.1, 0.15) is 12.6 Å². The Morgan fingerprint density at radius 1 is 1.23 bits per heavy atom. The molecule has 5 nitrogen and oxygen atoms in total. The predicted molar refractivity (Wildman–Crippen MR) is 82.3 cm³/mol. The summed E-state index contributed by atoms with van der Waals surface area (Å²) in [6.45, 7) is 2.31. The molecule has 1 unspecified atom stereocenters. The van der Waals surface area contributed by atoms with Crippen molar-refractivity contribution in [1.82, 2.24) is 5.32 Å². The summed E-state index contributed by atoms with van der Waals surface area (Å²) in [6.07, 6.45) is 3.01. The molecule has 0 bridgehead atoms. The summed E-state index contributed by atoms with van der Waals surface area (Å²) in [5.41, 5.74) is 0.871. The minimum absolute atomic E-state index is 0.0158. The molecule has 2 rings (SSSR count). The maximum Gasteiger partial charge on any atom is 0.408 e. The Morgan fingerprint density at radius 2 is 1.86 bits per heavy atom. The van der Waals surface area contributed by atoms with Gasteiger partial charge in [-0.3, -0.25) is 0 Å². The maximum absolute atomic E-state index is 11.8. The van der Waals surface area contributed by atoms with Crippen LogP contribution < -0.4 is 5.32 Å². The first-order valence-corrected chi connectivity index (χ1v) is 7.76. The molecular formula is C17H23NO4. The Balaban J connectivity index is 1.85. The third-order valence-corrected chi connectivity index (χ3v) is 4.28. The fraction of sp³-hybridized carbons (Fsp3) is 0.529. The molecule has 0 spiro atoms. The third-order valence-electron chi connectivity index (χ3n) is 4.28. The van der Waals surface area contributed by atoms with Crippen molar-refractivity contribution in [3.05, 3.63) is 35.9 Å². The van der Waals surface area contributed by atoms with Gasteiger partial charge in [-0.05, 0) is 30.2 Å². The summed E-state index contributed by atoms with van der Waals surface area (Å²) < 4.78 is 5.11. The summed E-state index contributed by atoms with van der Waals surface area (Å²) in [5.74, 6) is -0.370. The van der Waals surface area contributed by atoms with Crippen LogP contribution in [0.3, 0.4) is 0 Å². The first-order chi connectivity index (χ1) is 10.6. The number of hydrogen-bond donors (Lipinski definition) is 2. The van der Waals surface area contributed by atoms with Crippen LogP contribution in [0.15, 0.2) is 30.3 Å². The summed E-state index contributed by atoms with van der Waals surface area (Å²) in [4.78, 5) is 23.3. The topological polar surface area (TPSA) is 75.6 Å². The molecule has 120 valence electrons. The quantitative estimate of drug-likeness (QED) is 0.876. The van der Waals surface area contributed by atoms with Crippen LogP contribution in [0, 0.1) is 11.8 Å². The lowest BCUT2D eigenvalue weighted by Crippen LogP contribution is -2.47. The molecule has 1 amide bonds. The van der Waals surface area contributed by atoms with Crippen LogP contribution in [0.4, 0.5) is 4.79 Å². The second-order valence-electron chi connectivity index (χ2n) is 6.04. The molecular weight excluding hydrogens is 282 g/mol. The summed E-state index contributed by atoms with van der Waals surface area (Å²) in [6, 6.07) is 8.44. The number of carbonyl (C=O) groups excluding carboxylic acids is 1. The van der Waals surface area contributed by atoms with E-state index in [1.807, 2.05) is 30.3 Å². The van der Waals surface area contributed by atoms with E-state index in [1.165, 1.54) is 0 Å². The summed E-state index contributed by atoms with van der Waals surface area (Å²) in [5, 5.41) is 11.9. The van der Waals surface area contributed by atoms with E-state index in [1.54, 1.807) is 0 Å². The van der Waals surface area contributed by atoms with Gasteiger partial charge in [0.25, 0.3) is 0 Å². The van der Waals surface area contributed by atoms with Crippen LogP contribution in [-0.4, -0.2) is 23.2 Å². The molecule has 5 heteroatoms. The Hall–Kier alpha value is -2.04. The number of carbonyl (C=O) groups is 2. The van der Waals surface area contributed by atoms with Gasteiger partial charge < -0.3 is 15.2 Å². The minimum Gasteiger partial charge on any atom is -0.480 e. The van der Waals surface area contributed by atoms with Crippen molar-refractivity contribution in [3.63, 3.8) is 0 Å². The molecule has 1 saturated carbocycles. The Morgan fingerprint density at radius 3 is 2.45 bits per heavy atom. The highest BCUT2D eigenvalue weighted by Gasteiger charge is 2.32. The zero-order valence-electron chi connectivity index (χ0n) is 12.8. The van der Waals surface area contributed by atoms with Crippen LogP contribution in [-0.2, 0) is 16.1 Å². The number of rotatable bonds is 5. The maximum atomic E-state index is 11.8. The normalized spacial score (nSPS) is 22.6. The number of benzene rings is 1. The number of amides is 1. The van der Waals surface area contributed by atoms with Crippen molar-refractivity contribution in [1.29, 1.82) is 0 Å². The SMILES string of the molecule is C[C@H]1CC[C@H](C(NC(=O)OCc2ccccc2)C(=O)O)CC1. The molecule has 0 aromatic heterocycles. The van der Waals surface area contributed by atoms with E-state index < -0.39 is 18.1 Å². The van der Waals surface area contributed by atoms with Crippen LogP contribution in [0.25, 0.3) is 0 Å². The van der Waals surface area contributed by atoms with Crippen molar-refractivity contribution in [2.24, 2.45) is 11.8 Å². The number of nitrogens with one attached hydrogen (secondary N) is 1. The Labute approximate surface area is 130 Å². The second-order valence-corrected chi connectivity index (χ2v) is 6.04. The van der Waals surface area contributed by atoms with Gasteiger partial charge >= 0.3 is 12.1 Å². The number of aliphatic carboxylic acids is 1. The summed E-state index contributed by atoms with van der Waals surface area (Å²) >= 11 is 0. The molecule has 0 aliphatic heterocycles. The number of hydrogen-bond acceptors (Lipinski definition) is 3. The molecule has 1 aromatic carbocycles. The third kappa shape index (κ3) is 4.76. The van der Waals surface area contributed by atoms with Gasteiger partial charge in [0.15, 0.2) is 0 Å². The molecule has 0 saturated heterocycles. The first-order valence-electron chi connectivity index (χ1n) is 7.76. The lowest BCUT2D eigenvalue weighted by molar-refractivity contribution is -0.141. The molecule has 0 heterocycles. The van der Waals surface area contributed by atoms with E-state index in [2.05, 4.69) is 12.2 Å². The van der Waals surface area contributed by atoms with Gasteiger partial charge in [-0.1, -0.05) is 50.1 Å². The molecule has 2 N–H and O–H groups in total. The van der Waals surface area contributed by atoms with E-state index in [0.29, 0.717) is 5.92 Å². The lowest BCUT2D eigenvalue weighted by Gasteiger charge is -2.30. The van der Waals surface area contributed by atoms with Crippen LogP contribution in [0.1, 0.15) is 38.2 Å². The van der Waals surface area contributed by atoms with E-state index >= 15 is 0 Å². The van der Waals surface area contributed by atoms with E-state index in [4.69, 9.17) is 4.74 Å². The van der Waals surface area contributed by atoms with Crippen molar-refractivity contribution >= 4 is 12.1 Å². The van der Waals surface area contributed by atoms with E-state index in [9.17, 15) is 14.7 Å². The molecule has 1 atom stereocenters. The lowest BCUT2D eigenvalue weighted by atomic mass is 9.79. The van der Waals surface area contributed by atoms with Gasteiger partial charge in [-0.25, -0.2) is 9.59 Å². The monoisotopic (exact) mass is 305 g/mol. The van der Waals surface area contributed by atoms with Crippen LogP contribution in [0.5, 0.6) is 0 Å². The fourth-order valence-electron chi connectivity index (χ4n) is 2.89. The fourth-order valence-corrected chi connectivity index (χ4v) is 2.89. The zero-order valence-corrected chi connectivity index (χ0v) is 12.8. The van der Waals surface area contributed by atoms with Crippen molar-refractivity contribution in [2.45, 2.75) is 45.3 Å². The van der Waals surface area contributed by atoms with Crippen LogP contribution >= 0.6 is 0 Å². The number of alkyl carbamates (subject to hydrolysis) is 1. The van der Waals surface area contributed by atoms with Gasteiger partial charge in [0, 0.05) is 0 Å². The molecule has 1 fully saturated rings. The van der Waals surface area contributed by atoms with Gasteiger partial charge in [0.05, 0.1) is 0 Å². The average Bonchev–Trinajstić information content (AvgIpc) is 2.52. The zero-order chi connectivity index (χ0) is 15.9. The highest BCUT2D eigenvalue weighted by atomic mass is 16.5. The number of carboxylic acids is 1. The van der Waals surface area contributed by atoms with Crippen molar-refractivity contribution in [3.8, 4) is 0 Å². The Kier molecular flexibility index (Phi) is 5.81. The number of ether oxygens (including phenoxy) is 1. The minimum atomic E-state index is -0.990. The molecule has 1 aliphatic carbocycles. The first kappa shape index (κ1) is 16.3. The van der Waals surface area contributed by atoms with Crippen LogP contribution in [0.2, 0.25) is 0 Å². The van der Waals surface area contributed by atoms with Crippen molar-refractivity contribution in [2.75, 3.05) is 0 Å². The molecule has 1 aliphatic rings. The highest BCUT2D eigenvalue weighted by molar-refractivity contribution is 5.80. The van der Waals surface area contributed by atoms with E-state index in [0.717, 1.165) is 31.2 Å². The summed E-state index contributed by atoms with van der Waals surface area (Å²) in [7, 11) is 0. The van der Waals surface area contributed by atoms with E-state index in [-0.39, 0.29) is 12.5 Å². The average molecular weight is 305 g/mol. The Bertz CT molecular complexity index is 495.